The standard InChI is InChI=1S/C10H6BrClF3N3/c11-4-8-5-18(17-16-8)9-2-6(10(13,14)15)1-7(12)3-9/h1-3,5H,4H2. The molecule has 2 aromatic rings. The van der Waals surface area contributed by atoms with E-state index in [4.69, 9.17) is 11.6 Å². The number of benzene rings is 1. The van der Waals surface area contributed by atoms with Gasteiger partial charge in [-0.2, -0.15) is 13.2 Å². The first kappa shape index (κ1) is 13.4. The first-order valence-corrected chi connectivity index (χ1v) is 6.25. The van der Waals surface area contributed by atoms with Crippen molar-refractivity contribution in [3.05, 3.63) is 40.7 Å². The first-order chi connectivity index (χ1) is 8.40. The van der Waals surface area contributed by atoms with E-state index in [0.717, 1.165) is 12.1 Å². The summed E-state index contributed by atoms with van der Waals surface area (Å²) in [6.45, 7) is 0. The minimum atomic E-state index is -4.45. The number of rotatable bonds is 2. The summed E-state index contributed by atoms with van der Waals surface area (Å²) in [5.41, 5.74) is 0.0129. The Hall–Kier alpha value is -1.08. The molecule has 2 rings (SSSR count). The van der Waals surface area contributed by atoms with E-state index < -0.39 is 11.7 Å². The molecule has 1 aromatic carbocycles. The Morgan fingerprint density at radius 1 is 1.28 bits per heavy atom. The average Bonchev–Trinajstić information content (AvgIpc) is 2.75. The lowest BCUT2D eigenvalue weighted by Crippen LogP contribution is -2.06. The molecule has 0 aliphatic carbocycles. The van der Waals surface area contributed by atoms with Gasteiger partial charge in [-0.15, -0.1) is 5.10 Å². The summed E-state index contributed by atoms with van der Waals surface area (Å²) in [6, 6.07) is 3.23. The molecular weight excluding hydrogens is 334 g/mol. The molecule has 0 fully saturated rings. The summed E-state index contributed by atoms with van der Waals surface area (Å²) < 4.78 is 39.1. The van der Waals surface area contributed by atoms with Crippen LogP contribution in [0, 0.1) is 0 Å². The Balaban J connectivity index is 2.48. The maximum absolute atomic E-state index is 12.6. The van der Waals surface area contributed by atoms with E-state index in [1.807, 2.05) is 0 Å². The van der Waals surface area contributed by atoms with Gasteiger partial charge in [-0.25, -0.2) is 4.68 Å². The van der Waals surface area contributed by atoms with Gasteiger partial charge in [0, 0.05) is 10.4 Å². The molecule has 0 unspecified atom stereocenters. The maximum Gasteiger partial charge on any atom is 0.416 e. The maximum atomic E-state index is 12.6. The van der Waals surface area contributed by atoms with Gasteiger partial charge < -0.3 is 0 Å². The molecule has 1 heterocycles. The van der Waals surface area contributed by atoms with Crippen LogP contribution in [0.25, 0.3) is 5.69 Å². The minimum Gasteiger partial charge on any atom is -0.220 e. The predicted molar refractivity (Wildman–Crippen MR) is 64.0 cm³/mol. The molecule has 0 atom stereocenters. The predicted octanol–water partition coefficient (Wildman–Crippen LogP) is 3.83. The zero-order valence-corrected chi connectivity index (χ0v) is 11.1. The zero-order chi connectivity index (χ0) is 13.3. The summed E-state index contributed by atoms with van der Waals surface area (Å²) in [7, 11) is 0. The second-order valence-corrected chi connectivity index (χ2v) is 4.48. The van der Waals surface area contributed by atoms with Crippen LogP contribution in [0.1, 0.15) is 11.3 Å². The lowest BCUT2D eigenvalue weighted by atomic mass is 10.2. The molecule has 0 bridgehead atoms. The number of nitrogens with zero attached hydrogens (tertiary/aromatic N) is 3. The van der Waals surface area contributed by atoms with Crippen molar-refractivity contribution in [1.82, 2.24) is 15.0 Å². The van der Waals surface area contributed by atoms with Crippen molar-refractivity contribution >= 4 is 27.5 Å². The van der Waals surface area contributed by atoms with Gasteiger partial charge in [-0.3, -0.25) is 0 Å². The number of alkyl halides is 4. The number of aromatic nitrogens is 3. The molecule has 8 heteroatoms. The van der Waals surface area contributed by atoms with Crippen LogP contribution in [-0.4, -0.2) is 15.0 Å². The largest absolute Gasteiger partial charge is 0.416 e. The SMILES string of the molecule is FC(F)(F)c1cc(Cl)cc(-n2cc(CBr)nn2)c1. The van der Waals surface area contributed by atoms with Crippen molar-refractivity contribution < 1.29 is 13.2 Å². The molecule has 0 aliphatic heterocycles. The monoisotopic (exact) mass is 339 g/mol. The van der Waals surface area contributed by atoms with Crippen LogP contribution in [0.4, 0.5) is 13.2 Å². The summed E-state index contributed by atoms with van der Waals surface area (Å²) in [6.07, 6.45) is -2.92. The van der Waals surface area contributed by atoms with Crippen molar-refractivity contribution in [2.24, 2.45) is 0 Å². The van der Waals surface area contributed by atoms with Crippen LogP contribution in [-0.2, 0) is 11.5 Å². The van der Waals surface area contributed by atoms with Crippen LogP contribution in [0.5, 0.6) is 0 Å². The van der Waals surface area contributed by atoms with Gasteiger partial charge in [-0.05, 0) is 18.2 Å². The smallest absolute Gasteiger partial charge is 0.220 e. The molecule has 0 saturated carbocycles. The molecule has 96 valence electrons. The molecule has 18 heavy (non-hydrogen) atoms. The lowest BCUT2D eigenvalue weighted by molar-refractivity contribution is -0.137. The van der Waals surface area contributed by atoms with Crippen LogP contribution in [0.15, 0.2) is 24.4 Å². The highest BCUT2D eigenvalue weighted by molar-refractivity contribution is 9.08. The number of halogens is 5. The van der Waals surface area contributed by atoms with Crippen LogP contribution in [0.2, 0.25) is 5.02 Å². The molecule has 0 saturated heterocycles. The fourth-order valence-corrected chi connectivity index (χ4v) is 1.84. The summed E-state index contributed by atoms with van der Waals surface area (Å²) in [5, 5.41) is 7.97. The van der Waals surface area contributed by atoms with Crippen LogP contribution in [0.3, 0.4) is 0 Å². The number of hydrogen-bond donors (Lipinski definition) is 0. The molecule has 0 aliphatic rings. The second kappa shape index (κ2) is 4.89. The fraction of sp³-hybridized carbons (Fsp3) is 0.200. The van der Waals surface area contributed by atoms with E-state index in [-0.39, 0.29) is 10.7 Å². The van der Waals surface area contributed by atoms with E-state index in [2.05, 4.69) is 26.2 Å². The molecule has 0 spiro atoms. The van der Waals surface area contributed by atoms with Crippen molar-refractivity contribution in [3.8, 4) is 5.69 Å². The van der Waals surface area contributed by atoms with Gasteiger partial charge in [0.1, 0.15) is 0 Å². The molecular formula is C10H6BrClF3N3. The quantitative estimate of drug-likeness (QED) is 0.778. The van der Waals surface area contributed by atoms with Gasteiger partial charge in [0.2, 0.25) is 0 Å². The van der Waals surface area contributed by atoms with Crippen molar-refractivity contribution in [2.75, 3.05) is 0 Å². The highest BCUT2D eigenvalue weighted by Gasteiger charge is 2.31. The van der Waals surface area contributed by atoms with Gasteiger partial charge >= 0.3 is 6.18 Å². The van der Waals surface area contributed by atoms with Gasteiger partial charge in [-0.1, -0.05) is 32.7 Å². The van der Waals surface area contributed by atoms with Gasteiger partial charge in [0.15, 0.2) is 0 Å². The Morgan fingerprint density at radius 2 is 2.00 bits per heavy atom. The highest BCUT2D eigenvalue weighted by Crippen LogP contribution is 2.32. The zero-order valence-electron chi connectivity index (χ0n) is 8.75. The first-order valence-electron chi connectivity index (χ1n) is 4.75. The second-order valence-electron chi connectivity index (χ2n) is 3.48. The highest BCUT2D eigenvalue weighted by atomic mass is 79.9. The third-order valence-corrected chi connectivity index (χ3v) is 2.94. The molecule has 0 N–H and O–H groups in total. The van der Waals surface area contributed by atoms with E-state index in [9.17, 15) is 13.2 Å². The molecule has 0 amide bonds. The molecule has 0 radical (unpaired) electrons. The number of hydrogen-bond acceptors (Lipinski definition) is 2. The van der Waals surface area contributed by atoms with Gasteiger partial charge in [0.25, 0.3) is 0 Å². The Morgan fingerprint density at radius 3 is 2.56 bits per heavy atom. The molecule has 3 nitrogen and oxygen atoms in total. The van der Waals surface area contributed by atoms with E-state index in [1.54, 1.807) is 0 Å². The Kier molecular flexibility index (Phi) is 3.63. The van der Waals surface area contributed by atoms with E-state index >= 15 is 0 Å². The van der Waals surface area contributed by atoms with Crippen LogP contribution >= 0.6 is 27.5 Å². The lowest BCUT2D eigenvalue weighted by Gasteiger charge is -2.09. The van der Waals surface area contributed by atoms with Crippen LogP contribution < -0.4 is 0 Å². The fourth-order valence-electron chi connectivity index (χ4n) is 1.36. The van der Waals surface area contributed by atoms with Gasteiger partial charge in [0.05, 0.1) is 23.1 Å². The van der Waals surface area contributed by atoms with E-state index in [1.165, 1.54) is 16.9 Å². The van der Waals surface area contributed by atoms with Crippen molar-refractivity contribution in [2.45, 2.75) is 11.5 Å². The van der Waals surface area contributed by atoms with Crippen molar-refractivity contribution in [3.63, 3.8) is 0 Å². The topological polar surface area (TPSA) is 30.7 Å². The Bertz CT molecular complexity index is 568. The summed E-state index contributed by atoms with van der Waals surface area (Å²) >= 11 is 8.86. The summed E-state index contributed by atoms with van der Waals surface area (Å²) in [4.78, 5) is 0. The average molecular weight is 341 g/mol. The van der Waals surface area contributed by atoms with Crippen molar-refractivity contribution in [1.29, 1.82) is 0 Å². The third-order valence-electron chi connectivity index (χ3n) is 2.15. The van der Waals surface area contributed by atoms with E-state index in [0.29, 0.717) is 11.0 Å². The summed E-state index contributed by atoms with van der Waals surface area (Å²) in [5.74, 6) is 0. The Labute approximate surface area is 114 Å². The third kappa shape index (κ3) is 2.84. The molecule has 1 aromatic heterocycles. The normalized spacial score (nSPS) is 11.8. The minimum absolute atomic E-state index is 0.00397.